The third-order valence-corrected chi connectivity index (χ3v) is 4.65. The second kappa shape index (κ2) is 4.59. The maximum absolute atomic E-state index is 6.17. The van der Waals surface area contributed by atoms with E-state index in [0.717, 1.165) is 40.3 Å². The molecule has 5 nitrogen and oxygen atoms in total. The molecule has 1 fully saturated rings. The van der Waals surface area contributed by atoms with Crippen molar-refractivity contribution in [1.29, 1.82) is 0 Å². The fourth-order valence-corrected chi connectivity index (χ4v) is 3.29. The molecular formula is C18H17N5. The Hall–Kier alpha value is -2.82. The Morgan fingerprint density at radius 1 is 1.22 bits per heavy atom. The molecule has 4 aromatic rings. The van der Waals surface area contributed by atoms with Crippen LogP contribution in [0.1, 0.15) is 12.8 Å². The van der Waals surface area contributed by atoms with Crippen molar-refractivity contribution in [3.63, 3.8) is 0 Å². The summed E-state index contributed by atoms with van der Waals surface area (Å²) in [4.78, 5) is 12.2. The summed E-state index contributed by atoms with van der Waals surface area (Å²) in [7, 11) is 0. The Morgan fingerprint density at radius 2 is 2.09 bits per heavy atom. The zero-order valence-corrected chi connectivity index (χ0v) is 12.7. The van der Waals surface area contributed by atoms with Crippen LogP contribution in [0.25, 0.3) is 33.2 Å². The van der Waals surface area contributed by atoms with Gasteiger partial charge in [0.05, 0.1) is 5.39 Å². The molecule has 3 heterocycles. The molecule has 114 valence electrons. The van der Waals surface area contributed by atoms with Crippen molar-refractivity contribution in [3.8, 4) is 11.3 Å². The first-order valence-corrected chi connectivity index (χ1v) is 7.97. The number of rotatable bonds is 3. The lowest BCUT2D eigenvalue weighted by molar-refractivity contribution is 0.643. The van der Waals surface area contributed by atoms with Crippen molar-refractivity contribution in [2.45, 2.75) is 19.4 Å². The molecule has 0 saturated heterocycles. The third-order valence-electron chi connectivity index (χ3n) is 4.65. The van der Waals surface area contributed by atoms with Crippen molar-refractivity contribution < 1.29 is 0 Å². The number of aromatic amines is 1. The van der Waals surface area contributed by atoms with Crippen LogP contribution < -0.4 is 5.73 Å². The van der Waals surface area contributed by atoms with E-state index in [2.05, 4.69) is 43.9 Å². The highest BCUT2D eigenvalue weighted by molar-refractivity contribution is 6.01. The van der Waals surface area contributed by atoms with Gasteiger partial charge in [-0.3, -0.25) is 0 Å². The average molecular weight is 303 g/mol. The fraction of sp³-hybridized carbons (Fsp3) is 0.222. The molecule has 3 N–H and O–H groups in total. The number of nitrogen functional groups attached to an aromatic ring is 1. The van der Waals surface area contributed by atoms with Crippen LogP contribution in [-0.2, 0) is 6.54 Å². The topological polar surface area (TPSA) is 72.5 Å². The molecule has 5 rings (SSSR count). The van der Waals surface area contributed by atoms with Gasteiger partial charge in [0.1, 0.15) is 17.8 Å². The second-order valence-electron chi connectivity index (χ2n) is 6.37. The van der Waals surface area contributed by atoms with Crippen molar-refractivity contribution in [2.75, 3.05) is 5.73 Å². The largest absolute Gasteiger partial charge is 0.383 e. The van der Waals surface area contributed by atoms with Gasteiger partial charge < -0.3 is 15.3 Å². The molecule has 1 saturated carbocycles. The van der Waals surface area contributed by atoms with E-state index in [4.69, 9.17) is 5.73 Å². The zero-order valence-electron chi connectivity index (χ0n) is 12.7. The van der Waals surface area contributed by atoms with Crippen LogP contribution in [0.2, 0.25) is 0 Å². The van der Waals surface area contributed by atoms with Gasteiger partial charge in [0.25, 0.3) is 0 Å². The number of nitrogens with one attached hydrogen (secondary N) is 1. The van der Waals surface area contributed by atoms with Gasteiger partial charge in [0, 0.05) is 34.9 Å². The molecule has 5 heteroatoms. The summed E-state index contributed by atoms with van der Waals surface area (Å²) in [5.74, 6) is 1.32. The minimum absolute atomic E-state index is 0.540. The van der Waals surface area contributed by atoms with E-state index < -0.39 is 0 Å². The molecule has 0 spiro atoms. The van der Waals surface area contributed by atoms with E-state index >= 15 is 0 Å². The van der Waals surface area contributed by atoms with E-state index in [1.165, 1.54) is 18.2 Å². The van der Waals surface area contributed by atoms with Gasteiger partial charge in [0.15, 0.2) is 0 Å². The molecule has 0 unspecified atom stereocenters. The maximum Gasteiger partial charge on any atom is 0.146 e. The number of aromatic nitrogens is 4. The molecule has 0 aliphatic heterocycles. The summed E-state index contributed by atoms with van der Waals surface area (Å²) >= 11 is 0. The van der Waals surface area contributed by atoms with Crippen molar-refractivity contribution in [3.05, 3.63) is 42.9 Å². The predicted molar refractivity (Wildman–Crippen MR) is 92.0 cm³/mol. The molecule has 1 aromatic carbocycles. The molecule has 0 bridgehead atoms. The molecule has 3 aromatic heterocycles. The number of hydrogen-bond acceptors (Lipinski definition) is 3. The predicted octanol–water partition coefficient (Wildman–Crippen LogP) is 3.57. The van der Waals surface area contributed by atoms with Crippen LogP contribution in [0.15, 0.2) is 42.9 Å². The summed E-state index contributed by atoms with van der Waals surface area (Å²) < 4.78 is 2.23. The summed E-state index contributed by atoms with van der Waals surface area (Å²) in [6.07, 6.45) is 6.33. The minimum Gasteiger partial charge on any atom is -0.383 e. The lowest BCUT2D eigenvalue weighted by atomic mass is 10.1. The van der Waals surface area contributed by atoms with Crippen LogP contribution >= 0.6 is 0 Å². The SMILES string of the molecule is Nc1ncnc2c1c(-c1cc3ccccc3[nH]1)cn2CC1CC1. The monoisotopic (exact) mass is 303 g/mol. The Labute approximate surface area is 133 Å². The highest BCUT2D eigenvalue weighted by atomic mass is 15.1. The normalized spacial score (nSPS) is 14.8. The van der Waals surface area contributed by atoms with Gasteiger partial charge in [-0.05, 0) is 30.9 Å². The second-order valence-corrected chi connectivity index (χ2v) is 6.37. The van der Waals surface area contributed by atoms with E-state index in [9.17, 15) is 0 Å². The highest BCUT2D eigenvalue weighted by Crippen LogP contribution is 2.37. The maximum atomic E-state index is 6.17. The van der Waals surface area contributed by atoms with Crippen LogP contribution in [0.5, 0.6) is 0 Å². The van der Waals surface area contributed by atoms with E-state index in [0.29, 0.717) is 5.82 Å². The average Bonchev–Trinajstić information content (AvgIpc) is 3.14. The molecule has 0 atom stereocenters. The lowest BCUT2D eigenvalue weighted by Crippen LogP contribution is -2.00. The van der Waals surface area contributed by atoms with Gasteiger partial charge in [-0.2, -0.15) is 0 Å². The van der Waals surface area contributed by atoms with E-state index in [1.807, 2.05) is 12.1 Å². The minimum atomic E-state index is 0.540. The number of H-pyrrole nitrogens is 1. The summed E-state index contributed by atoms with van der Waals surface area (Å²) in [5, 5.41) is 2.14. The number of para-hydroxylation sites is 1. The number of nitrogens with two attached hydrogens (primary N) is 1. The van der Waals surface area contributed by atoms with E-state index in [1.54, 1.807) is 6.33 Å². The van der Waals surface area contributed by atoms with Crippen molar-refractivity contribution in [1.82, 2.24) is 19.5 Å². The Balaban J connectivity index is 1.76. The zero-order chi connectivity index (χ0) is 15.4. The van der Waals surface area contributed by atoms with Gasteiger partial charge in [0.2, 0.25) is 0 Å². The van der Waals surface area contributed by atoms with E-state index in [-0.39, 0.29) is 0 Å². The van der Waals surface area contributed by atoms with Crippen LogP contribution in [0.4, 0.5) is 5.82 Å². The van der Waals surface area contributed by atoms with Crippen molar-refractivity contribution >= 4 is 27.8 Å². The number of benzene rings is 1. The Kier molecular flexibility index (Phi) is 2.53. The summed E-state index contributed by atoms with van der Waals surface area (Å²) in [6.45, 7) is 1.01. The molecular weight excluding hydrogens is 286 g/mol. The molecule has 0 amide bonds. The number of nitrogens with zero attached hydrogens (tertiary/aromatic N) is 3. The lowest BCUT2D eigenvalue weighted by Gasteiger charge is -2.02. The molecule has 0 radical (unpaired) electrons. The first-order chi connectivity index (χ1) is 11.3. The van der Waals surface area contributed by atoms with Crippen LogP contribution in [0, 0.1) is 5.92 Å². The smallest absolute Gasteiger partial charge is 0.146 e. The number of hydrogen-bond donors (Lipinski definition) is 2. The highest BCUT2D eigenvalue weighted by Gasteiger charge is 2.24. The van der Waals surface area contributed by atoms with Crippen molar-refractivity contribution in [2.24, 2.45) is 5.92 Å². The molecule has 1 aliphatic rings. The standard InChI is InChI=1S/C18H17N5/c19-17-16-13(15-7-12-3-1-2-4-14(12)22-15)9-23(8-11-5-6-11)18(16)21-10-20-17/h1-4,7,9-11,22H,5-6,8H2,(H2,19,20,21). The van der Waals surface area contributed by atoms with Crippen LogP contribution in [0.3, 0.4) is 0 Å². The molecule has 1 aliphatic carbocycles. The van der Waals surface area contributed by atoms with Gasteiger partial charge in [-0.15, -0.1) is 0 Å². The third kappa shape index (κ3) is 2.00. The summed E-state index contributed by atoms with van der Waals surface area (Å²) in [6, 6.07) is 10.4. The molecule has 23 heavy (non-hydrogen) atoms. The quantitative estimate of drug-likeness (QED) is 0.607. The van der Waals surface area contributed by atoms with Gasteiger partial charge in [-0.25, -0.2) is 9.97 Å². The Morgan fingerprint density at radius 3 is 2.91 bits per heavy atom. The fourth-order valence-electron chi connectivity index (χ4n) is 3.29. The first kappa shape index (κ1) is 12.7. The number of fused-ring (bicyclic) bond motifs is 2. The number of anilines is 1. The van der Waals surface area contributed by atoms with Crippen LogP contribution in [-0.4, -0.2) is 19.5 Å². The summed E-state index contributed by atoms with van der Waals surface area (Å²) in [5.41, 5.74) is 10.4. The van der Waals surface area contributed by atoms with Gasteiger partial charge >= 0.3 is 0 Å². The Bertz CT molecular complexity index is 989. The van der Waals surface area contributed by atoms with Gasteiger partial charge in [-0.1, -0.05) is 18.2 Å². The first-order valence-electron chi connectivity index (χ1n) is 7.97.